The molecule has 1 N–H and O–H groups in total. The first-order valence-electron chi connectivity index (χ1n) is 6.08. The molecule has 2 aromatic rings. The van der Waals surface area contributed by atoms with Crippen molar-refractivity contribution in [1.82, 2.24) is 4.98 Å². The summed E-state index contributed by atoms with van der Waals surface area (Å²) in [4.78, 5) is 25.9. The molecule has 2 rings (SSSR count). The number of nitrogens with zero attached hydrogens (tertiary/aromatic N) is 2. The van der Waals surface area contributed by atoms with Crippen LogP contribution in [0.1, 0.15) is 12.0 Å². The number of aromatic nitrogens is 1. The molecule has 6 heteroatoms. The minimum absolute atomic E-state index is 0.0462. The molecule has 1 heterocycles. The molecular weight excluding hydrogens is 258 g/mol. The maximum atomic E-state index is 11.8. The SMILES string of the molecule is O=C(CCc1cccnc1)Nc1cccc([N+](=O)[O-])c1. The molecule has 0 radical (unpaired) electrons. The molecule has 1 amide bonds. The Kier molecular flexibility index (Phi) is 4.39. The Hall–Kier alpha value is -2.76. The predicted molar refractivity (Wildman–Crippen MR) is 74.3 cm³/mol. The lowest BCUT2D eigenvalue weighted by atomic mass is 10.1. The van der Waals surface area contributed by atoms with Crippen molar-refractivity contribution in [1.29, 1.82) is 0 Å². The zero-order valence-corrected chi connectivity index (χ0v) is 10.7. The van der Waals surface area contributed by atoms with Gasteiger partial charge in [0.1, 0.15) is 0 Å². The van der Waals surface area contributed by atoms with Crippen LogP contribution in [0.25, 0.3) is 0 Å². The molecule has 0 bridgehead atoms. The highest BCUT2D eigenvalue weighted by Crippen LogP contribution is 2.17. The number of non-ortho nitro benzene ring substituents is 1. The van der Waals surface area contributed by atoms with E-state index in [1.807, 2.05) is 12.1 Å². The molecule has 1 aromatic carbocycles. The predicted octanol–water partition coefficient (Wildman–Crippen LogP) is 2.56. The van der Waals surface area contributed by atoms with Crippen LogP contribution in [0.4, 0.5) is 11.4 Å². The normalized spacial score (nSPS) is 10.0. The van der Waals surface area contributed by atoms with Crippen molar-refractivity contribution in [2.45, 2.75) is 12.8 Å². The lowest BCUT2D eigenvalue weighted by Gasteiger charge is -2.05. The summed E-state index contributed by atoms with van der Waals surface area (Å²) in [5.74, 6) is -0.186. The van der Waals surface area contributed by atoms with Crippen molar-refractivity contribution in [3.63, 3.8) is 0 Å². The second-order valence-corrected chi connectivity index (χ2v) is 4.22. The number of benzene rings is 1. The molecule has 6 nitrogen and oxygen atoms in total. The summed E-state index contributed by atoms with van der Waals surface area (Å²) in [6.45, 7) is 0. The molecule has 20 heavy (non-hydrogen) atoms. The molecule has 0 aliphatic heterocycles. The van der Waals surface area contributed by atoms with Crippen molar-refractivity contribution in [3.05, 3.63) is 64.5 Å². The molecule has 0 aliphatic carbocycles. The van der Waals surface area contributed by atoms with Crippen LogP contribution in [-0.2, 0) is 11.2 Å². The average molecular weight is 271 g/mol. The number of nitrogens with one attached hydrogen (secondary N) is 1. The van der Waals surface area contributed by atoms with Gasteiger partial charge in [-0.05, 0) is 24.1 Å². The zero-order valence-electron chi connectivity index (χ0n) is 10.7. The number of hydrogen-bond donors (Lipinski definition) is 1. The minimum atomic E-state index is -0.495. The van der Waals surface area contributed by atoms with E-state index in [1.54, 1.807) is 18.5 Å². The van der Waals surface area contributed by atoms with E-state index >= 15 is 0 Å². The van der Waals surface area contributed by atoms with Gasteiger partial charge in [0.15, 0.2) is 0 Å². The van der Waals surface area contributed by atoms with Gasteiger partial charge in [-0.25, -0.2) is 0 Å². The number of amides is 1. The molecular formula is C14H13N3O3. The van der Waals surface area contributed by atoms with Crippen molar-refractivity contribution in [2.75, 3.05) is 5.32 Å². The summed E-state index contributed by atoms with van der Waals surface area (Å²) in [7, 11) is 0. The van der Waals surface area contributed by atoms with Crippen LogP contribution in [0.3, 0.4) is 0 Å². The number of hydrogen-bond acceptors (Lipinski definition) is 4. The highest BCUT2D eigenvalue weighted by molar-refractivity contribution is 5.91. The smallest absolute Gasteiger partial charge is 0.271 e. The van der Waals surface area contributed by atoms with Crippen LogP contribution in [0.5, 0.6) is 0 Å². The number of nitro benzene ring substituents is 1. The van der Waals surface area contributed by atoms with Gasteiger partial charge in [0.05, 0.1) is 4.92 Å². The second kappa shape index (κ2) is 6.42. The Morgan fingerprint density at radius 2 is 2.15 bits per heavy atom. The average Bonchev–Trinajstić information content (AvgIpc) is 2.46. The fourth-order valence-electron chi connectivity index (χ4n) is 1.72. The Labute approximate surface area is 115 Å². The fraction of sp³-hybridized carbons (Fsp3) is 0.143. The summed E-state index contributed by atoms with van der Waals surface area (Å²) in [5, 5.41) is 13.3. The number of nitro groups is 1. The van der Waals surface area contributed by atoms with Crippen LogP contribution in [0, 0.1) is 10.1 Å². The maximum Gasteiger partial charge on any atom is 0.271 e. The summed E-state index contributed by atoms with van der Waals surface area (Å²) in [6, 6.07) is 9.58. The van der Waals surface area contributed by atoms with Crippen LogP contribution >= 0.6 is 0 Å². The number of carbonyl (C=O) groups is 1. The third kappa shape index (κ3) is 3.88. The number of rotatable bonds is 5. The van der Waals surface area contributed by atoms with Crippen molar-refractivity contribution in [2.24, 2.45) is 0 Å². The Morgan fingerprint density at radius 1 is 1.30 bits per heavy atom. The van der Waals surface area contributed by atoms with E-state index in [1.165, 1.54) is 18.2 Å². The number of pyridine rings is 1. The van der Waals surface area contributed by atoms with E-state index in [-0.39, 0.29) is 11.6 Å². The molecule has 0 saturated carbocycles. The van der Waals surface area contributed by atoms with Crippen molar-refractivity contribution >= 4 is 17.3 Å². The van der Waals surface area contributed by atoms with Crippen LogP contribution in [0.15, 0.2) is 48.8 Å². The number of aryl methyl sites for hydroxylation is 1. The van der Waals surface area contributed by atoms with Gasteiger partial charge in [0.2, 0.25) is 5.91 Å². The lowest BCUT2D eigenvalue weighted by Crippen LogP contribution is -2.12. The molecule has 0 atom stereocenters. The van der Waals surface area contributed by atoms with E-state index in [4.69, 9.17) is 0 Å². The fourth-order valence-corrected chi connectivity index (χ4v) is 1.72. The van der Waals surface area contributed by atoms with E-state index in [0.29, 0.717) is 18.5 Å². The van der Waals surface area contributed by atoms with Gasteiger partial charge in [-0.2, -0.15) is 0 Å². The van der Waals surface area contributed by atoms with Gasteiger partial charge < -0.3 is 5.32 Å². The molecule has 1 aromatic heterocycles. The third-order valence-electron chi connectivity index (χ3n) is 2.70. The topological polar surface area (TPSA) is 85.1 Å². The minimum Gasteiger partial charge on any atom is -0.326 e. The van der Waals surface area contributed by atoms with Crippen LogP contribution < -0.4 is 5.32 Å². The van der Waals surface area contributed by atoms with Gasteiger partial charge in [0, 0.05) is 36.6 Å². The van der Waals surface area contributed by atoms with Gasteiger partial charge in [0.25, 0.3) is 5.69 Å². The van der Waals surface area contributed by atoms with Crippen LogP contribution in [0.2, 0.25) is 0 Å². The van der Waals surface area contributed by atoms with Gasteiger partial charge in [-0.1, -0.05) is 12.1 Å². The summed E-state index contributed by atoms with van der Waals surface area (Å²) in [5.41, 5.74) is 1.35. The molecule has 0 saturated heterocycles. The summed E-state index contributed by atoms with van der Waals surface area (Å²) < 4.78 is 0. The molecule has 0 unspecified atom stereocenters. The first-order chi connectivity index (χ1) is 9.65. The lowest BCUT2D eigenvalue weighted by molar-refractivity contribution is -0.384. The quantitative estimate of drug-likeness (QED) is 0.669. The summed E-state index contributed by atoms with van der Waals surface area (Å²) >= 11 is 0. The van der Waals surface area contributed by atoms with Crippen molar-refractivity contribution < 1.29 is 9.72 Å². The summed E-state index contributed by atoms with van der Waals surface area (Å²) in [6.07, 6.45) is 4.26. The van der Waals surface area contributed by atoms with Gasteiger partial charge in [-0.15, -0.1) is 0 Å². The third-order valence-corrected chi connectivity index (χ3v) is 2.70. The Balaban J connectivity index is 1.91. The first kappa shape index (κ1) is 13.7. The highest BCUT2D eigenvalue weighted by atomic mass is 16.6. The van der Waals surface area contributed by atoms with Gasteiger partial charge in [-0.3, -0.25) is 19.9 Å². The van der Waals surface area contributed by atoms with E-state index in [2.05, 4.69) is 10.3 Å². The monoisotopic (exact) mass is 271 g/mol. The zero-order chi connectivity index (χ0) is 14.4. The second-order valence-electron chi connectivity index (χ2n) is 4.22. The van der Waals surface area contributed by atoms with E-state index in [0.717, 1.165) is 5.56 Å². The first-order valence-corrected chi connectivity index (χ1v) is 6.08. The number of carbonyl (C=O) groups excluding carboxylic acids is 1. The highest BCUT2D eigenvalue weighted by Gasteiger charge is 2.08. The van der Waals surface area contributed by atoms with E-state index < -0.39 is 4.92 Å². The Bertz CT molecular complexity index is 614. The van der Waals surface area contributed by atoms with Crippen LogP contribution in [-0.4, -0.2) is 15.8 Å². The molecule has 0 spiro atoms. The van der Waals surface area contributed by atoms with E-state index in [9.17, 15) is 14.9 Å². The molecule has 0 fully saturated rings. The maximum absolute atomic E-state index is 11.8. The number of anilines is 1. The largest absolute Gasteiger partial charge is 0.326 e. The standard InChI is InChI=1S/C14H13N3O3/c18-14(7-6-11-3-2-8-15-10-11)16-12-4-1-5-13(9-12)17(19)20/h1-5,8-10H,6-7H2,(H,16,18). The Morgan fingerprint density at radius 3 is 2.85 bits per heavy atom. The molecule has 0 aliphatic rings. The van der Waals surface area contributed by atoms with Gasteiger partial charge >= 0.3 is 0 Å². The molecule has 102 valence electrons. The van der Waals surface area contributed by atoms with Crippen molar-refractivity contribution in [3.8, 4) is 0 Å².